The maximum Gasteiger partial charge on any atom is 0.522 e. The van der Waals surface area contributed by atoms with E-state index in [0.29, 0.717) is 35.5 Å². The number of alkyl halides is 3. The Kier molecular flexibility index (Phi) is 5.30. The van der Waals surface area contributed by atoms with Crippen LogP contribution in [0, 0.1) is 0 Å². The Balaban J connectivity index is 1.05. The van der Waals surface area contributed by atoms with E-state index in [4.69, 9.17) is 16.3 Å². The number of carbonyl (C=O) groups excluding carboxylic acids is 2. The molecule has 0 aliphatic heterocycles. The molecule has 176 valence electrons. The average Bonchev–Trinajstić information content (AvgIpc) is 2.65. The highest BCUT2D eigenvalue weighted by molar-refractivity contribution is 6.31. The van der Waals surface area contributed by atoms with Gasteiger partial charge in [-0.1, -0.05) is 17.7 Å². The Bertz CT molecular complexity index is 1100. The van der Waals surface area contributed by atoms with Gasteiger partial charge < -0.3 is 15.4 Å². The Morgan fingerprint density at radius 1 is 1.06 bits per heavy atom. The van der Waals surface area contributed by atoms with Crippen molar-refractivity contribution < 1.29 is 32.2 Å². The van der Waals surface area contributed by atoms with E-state index in [2.05, 4.69) is 20.4 Å². The largest absolute Gasteiger partial charge is 0.522 e. The van der Waals surface area contributed by atoms with E-state index >= 15 is 0 Å². The first kappa shape index (κ1) is 22.4. The summed E-state index contributed by atoms with van der Waals surface area (Å²) in [6.45, 7) is -0.213. The zero-order chi connectivity index (χ0) is 23.4. The normalized spacial score (nSPS) is 30.1. The van der Waals surface area contributed by atoms with Crippen molar-refractivity contribution in [1.29, 1.82) is 0 Å². The summed E-state index contributed by atoms with van der Waals surface area (Å²) in [7, 11) is 0. The molecule has 4 fully saturated rings. The summed E-state index contributed by atoms with van der Waals surface area (Å²) in [5.74, 6) is -0.583. The fourth-order valence-electron chi connectivity index (χ4n) is 5.04. The number of halogens is 4. The van der Waals surface area contributed by atoms with E-state index in [-0.39, 0.29) is 42.3 Å². The van der Waals surface area contributed by atoms with Crippen LogP contribution in [0.4, 0.5) is 13.2 Å². The van der Waals surface area contributed by atoms with Gasteiger partial charge in [0.05, 0.1) is 17.7 Å². The molecule has 2 aromatic rings. The first-order valence-electron chi connectivity index (χ1n) is 10.6. The number of benzene rings is 1. The molecule has 0 saturated heterocycles. The maximum atomic E-state index is 12.7. The molecule has 4 saturated carbocycles. The number of nitrogens with one attached hydrogen (secondary N) is 2. The Morgan fingerprint density at radius 2 is 1.76 bits per heavy atom. The summed E-state index contributed by atoms with van der Waals surface area (Å²) in [5.41, 5.74) is 0.284. The third-order valence-corrected chi connectivity index (χ3v) is 6.73. The fourth-order valence-corrected chi connectivity index (χ4v) is 5.23. The molecule has 1 heterocycles. The van der Waals surface area contributed by atoms with Crippen LogP contribution < -0.4 is 10.6 Å². The standard InChI is InChI=1S/C22H21ClF3N3O4/c23-13-2-4-16-12(5-13)1-3-17(27-16)19(31)29-21-9-20(10-21,11-21)28-18(30)8-32-14-6-15(7-14)33-22(24,25)26/h1-5,14-15H,6-11H2,(H,28,30)(H,29,31)/t14-,15+,20?,21?. The number of nitrogens with zero attached hydrogens (tertiary/aromatic N) is 1. The van der Waals surface area contributed by atoms with Crippen LogP contribution in [0.3, 0.4) is 0 Å². The molecule has 2 bridgehead atoms. The Hall–Kier alpha value is -2.43. The van der Waals surface area contributed by atoms with E-state index in [0.717, 1.165) is 5.39 Å². The van der Waals surface area contributed by atoms with Crippen molar-refractivity contribution in [3.05, 3.63) is 41.0 Å². The van der Waals surface area contributed by atoms with Gasteiger partial charge in [0.25, 0.3) is 5.91 Å². The number of ether oxygens (including phenoxy) is 2. The van der Waals surface area contributed by atoms with Crippen LogP contribution in [0.2, 0.25) is 5.02 Å². The van der Waals surface area contributed by atoms with Crippen molar-refractivity contribution in [2.75, 3.05) is 6.61 Å². The molecule has 11 heteroatoms. The van der Waals surface area contributed by atoms with Gasteiger partial charge in [0.15, 0.2) is 0 Å². The summed E-state index contributed by atoms with van der Waals surface area (Å²) < 4.78 is 45.6. The van der Waals surface area contributed by atoms with Gasteiger partial charge in [0.2, 0.25) is 5.91 Å². The minimum absolute atomic E-state index is 0.114. The molecule has 1 aromatic heterocycles. The van der Waals surface area contributed by atoms with Gasteiger partial charge in [-0.05, 0) is 43.5 Å². The highest BCUT2D eigenvalue weighted by Crippen LogP contribution is 2.60. The van der Waals surface area contributed by atoms with Crippen molar-refractivity contribution in [2.45, 2.75) is 61.8 Å². The third-order valence-electron chi connectivity index (χ3n) is 6.50. The molecule has 0 radical (unpaired) electrons. The lowest BCUT2D eigenvalue weighted by Crippen LogP contribution is -2.84. The van der Waals surface area contributed by atoms with E-state index in [9.17, 15) is 22.8 Å². The first-order chi connectivity index (χ1) is 15.5. The lowest BCUT2D eigenvalue weighted by Gasteiger charge is -2.70. The van der Waals surface area contributed by atoms with Crippen LogP contribution in [-0.4, -0.2) is 53.1 Å². The van der Waals surface area contributed by atoms with Gasteiger partial charge in [0, 0.05) is 34.3 Å². The van der Waals surface area contributed by atoms with Crippen LogP contribution in [0.25, 0.3) is 10.9 Å². The topological polar surface area (TPSA) is 89.5 Å². The van der Waals surface area contributed by atoms with Crippen molar-refractivity contribution >= 4 is 34.3 Å². The summed E-state index contributed by atoms with van der Waals surface area (Å²) in [5, 5.41) is 7.39. The third kappa shape index (κ3) is 4.64. The number of carbonyl (C=O) groups is 2. The van der Waals surface area contributed by atoms with E-state index in [1.807, 2.05) is 0 Å². The molecule has 0 unspecified atom stereocenters. The molecule has 4 aliphatic carbocycles. The summed E-state index contributed by atoms with van der Waals surface area (Å²) in [6, 6.07) is 8.71. The molecular formula is C22H21ClF3N3O4. The zero-order valence-electron chi connectivity index (χ0n) is 17.4. The van der Waals surface area contributed by atoms with Gasteiger partial charge in [0.1, 0.15) is 12.3 Å². The SMILES string of the molecule is O=C(CO[C@H]1C[C@@H](OC(F)(F)F)C1)NC12CC(NC(=O)c3ccc4cc(Cl)ccc4n3)(C1)C2. The monoisotopic (exact) mass is 483 g/mol. The van der Waals surface area contributed by atoms with Crippen molar-refractivity contribution in [2.24, 2.45) is 0 Å². The smallest absolute Gasteiger partial charge is 0.368 e. The lowest BCUT2D eigenvalue weighted by molar-refractivity contribution is -0.357. The predicted octanol–water partition coefficient (Wildman–Crippen LogP) is 3.49. The molecule has 4 aliphatic rings. The van der Waals surface area contributed by atoms with Crippen LogP contribution >= 0.6 is 11.6 Å². The zero-order valence-corrected chi connectivity index (χ0v) is 18.1. The van der Waals surface area contributed by atoms with Gasteiger partial charge in [-0.25, -0.2) is 4.98 Å². The minimum Gasteiger partial charge on any atom is -0.368 e. The summed E-state index contributed by atoms with van der Waals surface area (Å²) >= 11 is 5.97. The molecule has 2 N–H and O–H groups in total. The second-order valence-electron chi connectivity index (χ2n) is 9.22. The van der Waals surface area contributed by atoms with Crippen LogP contribution in [0.15, 0.2) is 30.3 Å². The van der Waals surface area contributed by atoms with E-state index in [1.165, 1.54) is 0 Å². The van der Waals surface area contributed by atoms with E-state index in [1.54, 1.807) is 30.3 Å². The summed E-state index contributed by atoms with van der Waals surface area (Å²) in [6.07, 6.45) is -3.89. The Labute approximate surface area is 192 Å². The van der Waals surface area contributed by atoms with Gasteiger partial charge in [-0.2, -0.15) is 0 Å². The fraction of sp³-hybridized carbons (Fsp3) is 0.500. The number of amides is 2. The number of aromatic nitrogens is 1. The maximum absolute atomic E-state index is 12.7. The molecule has 2 amide bonds. The van der Waals surface area contributed by atoms with Crippen molar-refractivity contribution in [1.82, 2.24) is 15.6 Å². The van der Waals surface area contributed by atoms with Crippen LogP contribution in [0.1, 0.15) is 42.6 Å². The Morgan fingerprint density at radius 3 is 2.45 bits per heavy atom. The van der Waals surface area contributed by atoms with Crippen LogP contribution in [-0.2, 0) is 14.3 Å². The molecular weight excluding hydrogens is 463 g/mol. The molecule has 1 aromatic carbocycles. The van der Waals surface area contributed by atoms with Crippen molar-refractivity contribution in [3.63, 3.8) is 0 Å². The van der Waals surface area contributed by atoms with Crippen LogP contribution in [0.5, 0.6) is 0 Å². The van der Waals surface area contributed by atoms with Gasteiger partial charge >= 0.3 is 6.36 Å². The first-order valence-corrected chi connectivity index (χ1v) is 11.0. The average molecular weight is 484 g/mol. The lowest BCUT2D eigenvalue weighted by atomic mass is 9.44. The van der Waals surface area contributed by atoms with Gasteiger partial charge in [-0.15, -0.1) is 13.2 Å². The number of rotatable bonds is 7. The highest BCUT2D eigenvalue weighted by atomic mass is 35.5. The number of hydrogen-bond acceptors (Lipinski definition) is 5. The molecule has 33 heavy (non-hydrogen) atoms. The number of pyridine rings is 1. The molecule has 6 rings (SSSR count). The minimum atomic E-state index is -4.65. The predicted molar refractivity (Wildman–Crippen MR) is 112 cm³/mol. The van der Waals surface area contributed by atoms with Crippen molar-refractivity contribution in [3.8, 4) is 0 Å². The number of fused-ring (bicyclic) bond motifs is 1. The quantitative estimate of drug-likeness (QED) is 0.629. The highest BCUT2D eigenvalue weighted by Gasteiger charge is 2.69. The molecule has 0 spiro atoms. The second-order valence-corrected chi connectivity index (χ2v) is 9.65. The van der Waals surface area contributed by atoms with Gasteiger partial charge in [-0.3, -0.25) is 14.3 Å². The molecule has 0 atom stereocenters. The summed E-state index contributed by atoms with van der Waals surface area (Å²) in [4.78, 5) is 29.2. The second kappa shape index (κ2) is 7.82. The van der Waals surface area contributed by atoms with E-state index < -0.39 is 18.6 Å². The molecule has 7 nitrogen and oxygen atoms in total. The number of hydrogen-bond donors (Lipinski definition) is 2.